The summed E-state index contributed by atoms with van der Waals surface area (Å²) in [5.41, 5.74) is 9.06. The maximum absolute atomic E-state index is 13.0. The first kappa shape index (κ1) is 26.5. The molecule has 0 unspecified atom stereocenters. The molecule has 3 aromatic rings. The van der Waals surface area contributed by atoms with E-state index < -0.39 is 23.5 Å². The van der Waals surface area contributed by atoms with Crippen molar-refractivity contribution in [2.45, 2.75) is 51.8 Å². The van der Waals surface area contributed by atoms with E-state index in [1.165, 1.54) is 0 Å². The number of esters is 1. The van der Waals surface area contributed by atoms with Crippen LogP contribution in [0.2, 0.25) is 0 Å². The van der Waals surface area contributed by atoms with Crippen molar-refractivity contribution in [3.05, 3.63) is 90.0 Å². The number of nitrogen functional groups attached to an aromatic ring is 1. The zero-order chi connectivity index (χ0) is 26.1. The summed E-state index contributed by atoms with van der Waals surface area (Å²) in [5.74, 6) is -1.19. The van der Waals surface area contributed by atoms with Crippen LogP contribution >= 0.6 is 0 Å². The normalized spacial score (nSPS) is 11.9. The van der Waals surface area contributed by atoms with E-state index in [2.05, 4.69) is 10.6 Å². The third-order valence-corrected chi connectivity index (χ3v) is 5.38. The van der Waals surface area contributed by atoms with Crippen LogP contribution in [0.15, 0.2) is 78.9 Å². The average Bonchev–Trinajstić information content (AvgIpc) is 2.85. The molecule has 7 nitrogen and oxygen atoms in total. The van der Waals surface area contributed by atoms with Crippen LogP contribution in [0.5, 0.6) is 0 Å². The number of anilines is 1. The molecule has 0 bridgehead atoms. The molecule has 4 N–H and O–H groups in total. The molecular weight excluding hydrogens is 454 g/mol. The monoisotopic (exact) mass is 487 g/mol. The number of nitrogens with two attached hydrogens (primary N) is 1. The van der Waals surface area contributed by atoms with Crippen LogP contribution in [-0.4, -0.2) is 29.4 Å². The number of nitrogens with one attached hydrogen (secondary N) is 2. The van der Waals surface area contributed by atoms with Crippen molar-refractivity contribution < 1.29 is 19.1 Å². The molecule has 0 radical (unpaired) electrons. The molecule has 188 valence electrons. The predicted octanol–water partition coefficient (Wildman–Crippen LogP) is 4.47. The van der Waals surface area contributed by atoms with Crippen molar-refractivity contribution in [1.29, 1.82) is 0 Å². The van der Waals surface area contributed by atoms with Crippen LogP contribution < -0.4 is 16.4 Å². The Labute approximate surface area is 212 Å². The van der Waals surface area contributed by atoms with Crippen LogP contribution in [0.4, 0.5) is 5.69 Å². The molecular formula is C29H33N3O4. The van der Waals surface area contributed by atoms with E-state index in [9.17, 15) is 14.4 Å². The van der Waals surface area contributed by atoms with E-state index in [0.29, 0.717) is 17.8 Å². The zero-order valence-corrected chi connectivity index (χ0v) is 20.9. The lowest BCUT2D eigenvalue weighted by molar-refractivity contribution is -0.155. The molecule has 0 heterocycles. The minimum atomic E-state index is -0.898. The van der Waals surface area contributed by atoms with Gasteiger partial charge in [-0.05, 0) is 68.1 Å². The molecule has 0 fully saturated rings. The minimum absolute atomic E-state index is 0.00293. The molecule has 0 saturated heterocycles. The zero-order valence-electron chi connectivity index (χ0n) is 20.9. The molecule has 36 heavy (non-hydrogen) atoms. The lowest BCUT2D eigenvalue weighted by atomic mass is 10.0. The number of rotatable bonds is 9. The van der Waals surface area contributed by atoms with Crippen molar-refractivity contribution in [2.75, 3.05) is 5.73 Å². The average molecular weight is 488 g/mol. The van der Waals surface area contributed by atoms with E-state index in [4.69, 9.17) is 10.5 Å². The summed E-state index contributed by atoms with van der Waals surface area (Å²) in [6.07, 6.45) is 0.113. The van der Waals surface area contributed by atoms with E-state index in [1.807, 2.05) is 66.7 Å². The number of carbonyl (C=O) groups is 3. The fourth-order valence-corrected chi connectivity index (χ4v) is 3.56. The summed E-state index contributed by atoms with van der Waals surface area (Å²) >= 11 is 0. The largest absolute Gasteiger partial charge is 0.460 e. The molecule has 0 aliphatic rings. The summed E-state index contributed by atoms with van der Waals surface area (Å²) in [7, 11) is 0. The molecule has 0 saturated carbocycles. The van der Waals surface area contributed by atoms with Gasteiger partial charge in [0.05, 0.1) is 0 Å². The van der Waals surface area contributed by atoms with E-state index >= 15 is 0 Å². The van der Waals surface area contributed by atoms with Crippen molar-refractivity contribution in [3.8, 4) is 11.1 Å². The Morgan fingerprint density at radius 1 is 0.861 bits per heavy atom. The standard InChI is InChI=1S/C29H33N3O4/c1-29(2,3)36-26(33)18-17-25(28(35)31-19-20-7-5-4-6-8-20)32-27(34)23-11-9-21(10-12-23)22-13-15-24(30)16-14-22/h4-16,25H,17-19,30H2,1-3H3,(H,31,35)(H,32,34)/t25-/m0/s1. The topological polar surface area (TPSA) is 111 Å². The van der Waals surface area contributed by atoms with Crippen LogP contribution in [0, 0.1) is 0 Å². The van der Waals surface area contributed by atoms with Crippen molar-refractivity contribution in [3.63, 3.8) is 0 Å². The van der Waals surface area contributed by atoms with Gasteiger partial charge in [0.15, 0.2) is 0 Å². The Kier molecular flexibility index (Phi) is 8.84. The Morgan fingerprint density at radius 3 is 2.03 bits per heavy atom. The lowest BCUT2D eigenvalue weighted by Crippen LogP contribution is -2.47. The van der Waals surface area contributed by atoms with Gasteiger partial charge in [0, 0.05) is 24.2 Å². The van der Waals surface area contributed by atoms with E-state index in [1.54, 1.807) is 32.9 Å². The summed E-state index contributed by atoms with van der Waals surface area (Å²) in [6, 6.07) is 23.1. The van der Waals surface area contributed by atoms with Gasteiger partial charge in [0.25, 0.3) is 5.91 Å². The maximum Gasteiger partial charge on any atom is 0.306 e. The highest BCUT2D eigenvalue weighted by atomic mass is 16.6. The molecule has 0 aliphatic heterocycles. The van der Waals surface area contributed by atoms with Gasteiger partial charge in [0.1, 0.15) is 11.6 Å². The summed E-state index contributed by atoms with van der Waals surface area (Å²) in [6.45, 7) is 5.66. The van der Waals surface area contributed by atoms with Gasteiger partial charge >= 0.3 is 5.97 Å². The minimum Gasteiger partial charge on any atom is -0.460 e. The fourth-order valence-electron chi connectivity index (χ4n) is 3.56. The third-order valence-electron chi connectivity index (χ3n) is 5.38. The van der Waals surface area contributed by atoms with Crippen LogP contribution in [-0.2, 0) is 20.9 Å². The molecule has 1 atom stereocenters. The number of benzene rings is 3. The number of ether oxygens (including phenoxy) is 1. The number of carbonyl (C=O) groups excluding carboxylic acids is 3. The SMILES string of the molecule is CC(C)(C)OC(=O)CC[C@H](NC(=O)c1ccc(-c2ccc(N)cc2)cc1)C(=O)NCc1ccccc1. The first-order valence-corrected chi connectivity index (χ1v) is 11.9. The second-order valence-electron chi connectivity index (χ2n) is 9.55. The molecule has 3 rings (SSSR count). The quantitative estimate of drug-likeness (QED) is 0.305. The Balaban J connectivity index is 1.68. The van der Waals surface area contributed by atoms with Gasteiger partial charge in [-0.15, -0.1) is 0 Å². The van der Waals surface area contributed by atoms with E-state index in [0.717, 1.165) is 16.7 Å². The smallest absolute Gasteiger partial charge is 0.306 e. The van der Waals surface area contributed by atoms with Gasteiger partial charge < -0.3 is 21.1 Å². The van der Waals surface area contributed by atoms with Gasteiger partial charge in [-0.3, -0.25) is 14.4 Å². The highest BCUT2D eigenvalue weighted by molar-refractivity contribution is 5.98. The molecule has 2 amide bonds. The predicted molar refractivity (Wildman–Crippen MR) is 141 cm³/mol. The second-order valence-corrected chi connectivity index (χ2v) is 9.55. The van der Waals surface area contributed by atoms with E-state index in [-0.39, 0.29) is 18.7 Å². The summed E-state index contributed by atoms with van der Waals surface area (Å²) in [4.78, 5) is 38.2. The molecule has 0 aliphatic carbocycles. The third kappa shape index (κ3) is 8.27. The Hall–Kier alpha value is -4.13. The van der Waals surface area contributed by atoms with Gasteiger partial charge in [-0.25, -0.2) is 0 Å². The van der Waals surface area contributed by atoms with Crippen molar-refractivity contribution in [1.82, 2.24) is 10.6 Å². The number of hydrogen-bond acceptors (Lipinski definition) is 5. The highest BCUT2D eigenvalue weighted by Gasteiger charge is 2.24. The van der Waals surface area contributed by atoms with Crippen LogP contribution in [0.1, 0.15) is 49.5 Å². The lowest BCUT2D eigenvalue weighted by Gasteiger charge is -2.21. The first-order valence-electron chi connectivity index (χ1n) is 11.9. The second kappa shape index (κ2) is 12.0. The molecule has 7 heteroatoms. The molecule has 0 spiro atoms. The summed E-state index contributed by atoms with van der Waals surface area (Å²) < 4.78 is 5.36. The van der Waals surface area contributed by atoms with Gasteiger partial charge in [-0.1, -0.05) is 54.6 Å². The Morgan fingerprint density at radius 2 is 1.44 bits per heavy atom. The first-order chi connectivity index (χ1) is 17.1. The number of amides is 2. The highest BCUT2D eigenvalue weighted by Crippen LogP contribution is 2.21. The van der Waals surface area contributed by atoms with Crippen molar-refractivity contribution in [2.24, 2.45) is 0 Å². The van der Waals surface area contributed by atoms with Gasteiger partial charge in [0.2, 0.25) is 5.91 Å². The molecule has 0 aromatic heterocycles. The van der Waals surface area contributed by atoms with Crippen LogP contribution in [0.3, 0.4) is 0 Å². The Bertz CT molecular complexity index is 1170. The summed E-state index contributed by atoms with van der Waals surface area (Å²) in [5, 5.41) is 5.63. The van der Waals surface area contributed by atoms with Gasteiger partial charge in [-0.2, -0.15) is 0 Å². The maximum atomic E-state index is 13.0. The number of hydrogen-bond donors (Lipinski definition) is 3. The fraction of sp³-hybridized carbons (Fsp3) is 0.276. The molecule has 3 aromatic carbocycles. The van der Waals surface area contributed by atoms with Crippen LogP contribution in [0.25, 0.3) is 11.1 Å². The van der Waals surface area contributed by atoms with Crippen molar-refractivity contribution >= 4 is 23.5 Å².